The van der Waals surface area contributed by atoms with Crippen molar-refractivity contribution in [3.05, 3.63) is 54.1 Å². The first-order valence-electron chi connectivity index (χ1n) is 6.41. The fourth-order valence-electron chi connectivity index (χ4n) is 1.87. The van der Waals surface area contributed by atoms with E-state index >= 15 is 0 Å². The Balaban J connectivity index is 2.24. The molecule has 0 heterocycles. The summed E-state index contributed by atoms with van der Waals surface area (Å²) in [4.78, 5) is 0. The van der Waals surface area contributed by atoms with Gasteiger partial charge in [0.05, 0.1) is 12.7 Å². The highest BCUT2D eigenvalue weighted by Crippen LogP contribution is 2.30. The van der Waals surface area contributed by atoms with Crippen molar-refractivity contribution >= 4 is 5.69 Å². The van der Waals surface area contributed by atoms with Crippen LogP contribution < -0.4 is 10.1 Å². The Bertz CT molecular complexity index is 606. The summed E-state index contributed by atoms with van der Waals surface area (Å²) >= 11 is 0. The fourth-order valence-corrected chi connectivity index (χ4v) is 1.87. The normalized spacial score (nSPS) is 11.4. The quantitative estimate of drug-likeness (QED) is 0.871. The third kappa shape index (κ3) is 3.21. The molecule has 2 N–H and O–H groups in total. The van der Waals surface area contributed by atoms with Crippen LogP contribution >= 0.6 is 0 Å². The van der Waals surface area contributed by atoms with Crippen LogP contribution in [0.4, 0.5) is 5.69 Å². The van der Waals surface area contributed by atoms with Crippen LogP contribution in [0.25, 0.3) is 0 Å². The molecule has 0 saturated carbocycles. The van der Waals surface area contributed by atoms with Gasteiger partial charge in [-0.3, -0.25) is 0 Å². The van der Waals surface area contributed by atoms with E-state index in [0.717, 1.165) is 11.3 Å². The first-order chi connectivity index (χ1) is 9.74. The molecular weight excluding hydrogens is 252 g/mol. The van der Waals surface area contributed by atoms with Gasteiger partial charge in [0, 0.05) is 5.69 Å². The maximum atomic E-state index is 9.68. The van der Waals surface area contributed by atoms with Gasteiger partial charge in [0.15, 0.2) is 11.5 Å². The molecule has 2 aromatic rings. The summed E-state index contributed by atoms with van der Waals surface area (Å²) in [6, 6.07) is 16.2. The Labute approximate surface area is 118 Å². The number of ether oxygens (including phenoxy) is 1. The van der Waals surface area contributed by atoms with Gasteiger partial charge in [-0.1, -0.05) is 24.3 Å². The van der Waals surface area contributed by atoms with Gasteiger partial charge in [-0.25, -0.2) is 0 Å². The topological polar surface area (TPSA) is 65.3 Å². The van der Waals surface area contributed by atoms with Gasteiger partial charge in [-0.15, -0.1) is 0 Å². The van der Waals surface area contributed by atoms with Gasteiger partial charge in [0.25, 0.3) is 0 Å². The van der Waals surface area contributed by atoms with E-state index < -0.39 is 6.04 Å². The maximum Gasteiger partial charge on any atom is 0.161 e. The lowest BCUT2D eigenvalue weighted by Gasteiger charge is -2.15. The highest BCUT2D eigenvalue weighted by molar-refractivity contribution is 5.50. The number of aromatic hydroxyl groups is 1. The van der Waals surface area contributed by atoms with Crippen LogP contribution in [-0.2, 0) is 0 Å². The number of nitriles is 1. The zero-order valence-electron chi connectivity index (χ0n) is 11.2. The Morgan fingerprint density at radius 3 is 2.65 bits per heavy atom. The van der Waals surface area contributed by atoms with Crippen LogP contribution in [0.15, 0.2) is 48.5 Å². The summed E-state index contributed by atoms with van der Waals surface area (Å²) in [5.74, 6) is 0.465. The number of rotatable bonds is 5. The van der Waals surface area contributed by atoms with Crippen molar-refractivity contribution in [3.8, 4) is 17.6 Å². The first-order valence-corrected chi connectivity index (χ1v) is 6.41. The summed E-state index contributed by atoms with van der Waals surface area (Å²) in [6.07, 6.45) is 0. The van der Waals surface area contributed by atoms with Gasteiger partial charge in [-0.05, 0) is 36.8 Å². The molecule has 4 heteroatoms. The smallest absolute Gasteiger partial charge is 0.161 e. The Morgan fingerprint density at radius 2 is 2.00 bits per heavy atom. The van der Waals surface area contributed by atoms with Gasteiger partial charge >= 0.3 is 0 Å². The second kappa shape index (κ2) is 6.48. The molecule has 0 aliphatic heterocycles. The molecule has 102 valence electrons. The summed E-state index contributed by atoms with van der Waals surface area (Å²) in [7, 11) is 0. The number of nitrogens with one attached hydrogen (secondary N) is 1. The molecule has 0 radical (unpaired) electrons. The zero-order valence-corrected chi connectivity index (χ0v) is 11.2. The second-order valence-corrected chi connectivity index (χ2v) is 4.23. The van der Waals surface area contributed by atoms with Gasteiger partial charge < -0.3 is 15.2 Å². The molecular formula is C16H16N2O2. The van der Waals surface area contributed by atoms with Crippen molar-refractivity contribution in [2.45, 2.75) is 13.0 Å². The van der Waals surface area contributed by atoms with E-state index in [2.05, 4.69) is 11.4 Å². The lowest BCUT2D eigenvalue weighted by atomic mass is 10.1. The van der Waals surface area contributed by atoms with Crippen LogP contribution in [-0.4, -0.2) is 11.7 Å². The number of hydrogen-bond donors (Lipinski definition) is 2. The minimum absolute atomic E-state index is 0.0759. The number of para-hydroxylation sites is 1. The standard InChI is InChI=1S/C16H16N2O2/c1-2-20-16-10-12(8-9-15(16)19)14(11-17)18-13-6-4-3-5-7-13/h3-10,14,18-19H,2H2,1H3. The molecule has 1 atom stereocenters. The van der Waals surface area contributed by atoms with Crippen molar-refractivity contribution in [1.82, 2.24) is 0 Å². The van der Waals surface area contributed by atoms with Gasteiger partial charge in [0.1, 0.15) is 6.04 Å². The monoisotopic (exact) mass is 268 g/mol. The molecule has 2 aromatic carbocycles. The van der Waals surface area contributed by atoms with E-state index in [1.165, 1.54) is 6.07 Å². The third-order valence-corrected chi connectivity index (χ3v) is 2.83. The van der Waals surface area contributed by atoms with E-state index in [0.29, 0.717) is 12.4 Å². The molecule has 0 aromatic heterocycles. The van der Waals surface area contributed by atoms with E-state index in [4.69, 9.17) is 4.74 Å². The predicted octanol–water partition coefficient (Wildman–Crippen LogP) is 3.47. The minimum Gasteiger partial charge on any atom is -0.504 e. The molecule has 0 aliphatic carbocycles. The predicted molar refractivity (Wildman–Crippen MR) is 77.7 cm³/mol. The van der Waals surface area contributed by atoms with Crippen molar-refractivity contribution in [3.63, 3.8) is 0 Å². The van der Waals surface area contributed by atoms with Crippen LogP contribution in [0.1, 0.15) is 18.5 Å². The van der Waals surface area contributed by atoms with Crippen LogP contribution in [0.3, 0.4) is 0 Å². The molecule has 0 amide bonds. The van der Waals surface area contributed by atoms with Crippen molar-refractivity contribution in [1.29, 1.82) is 5.26 Å². The first kappa shape index (κ1) is 13.8. The fraction of sp³-hybridized carbons (Fsp3) is 0.188. The summed E-state index contributed by atoms with van der Waals surface area (Å²) < 4.78 is 5.33. The van der Waals surface area contributed by atoms with E-state index in [9.17, 15) is 10.4 Å². The second-order valence-electron chi connectivity index (χ2n) is 4.23. The van der Waals surface area contributed by atoms with Crippen LogP contribution in [0, 0.1) is 11.3 Å². The zero-order chi connectivity index (χ0) is 14.4. The Morgan fingerprint density at radius 1 is 1.25 bits per heavy atom. The van der Waals surface area contributed by atoms with Crippen molar-refractivity contribution in [2.24, 2.45) is 0 Å². The van der Waals surface area contributed by atoms with Crippen LogP contribution in [0.5, 0.6) is 11.5 Å². The molecule has 2 rings (SSSR count). The SMILES string of the molecule is CCOc1cc(C(C#N)Nc2ccccc2)ccc1O. The Kier molecular flexibility index (Phi) is 4.46. The number of hydrogen-bond acceptors (Lipinski definition) is 4. The van der Waals surface area contributed by atoms with Gasteiger partial charge in [-0.2, -0.15) is 5.26 Å². The Hall–Kier alpha value is -2.67. The number of phenolic OH excluding ortho intramolecular Hbond substituents is 1. The largest absolute Gasteiger partial charge is 0.504 e. The molecule has 20 heavy (non-hydrogen) atoms. The lowest BCUT2D eigenvalue weighted by molar-refractivity contribution is 0.317. The van der Waals surface area contributed by atoms with E-state index in [1.807, 2.05) is 37.3 Å². The third-order valence-electron chi connectivity index (χ3n) is 2.83. The number of nitrogens with zero attached hydrogens (tertiary/aromatic N) is 1. The maximum absolute atomic E-state index is 9.68. The molecule has 4 nitrogen and oxygen atoms in total. The van der Waals surface area contributed by atoms with Gasteiger partial charge in [0.2, 0.25) is 0 Å². The highest BCUT2D eigenvalue weighted by atomic mass is 16.5. The molecule has 0 saturated heterocycles. The summed E-state index contributed by atoms with van der Waals surface area (Å²) in [5.41, 5.74) is 1.61. The minimum atomic E-state index is -0.503. The number of anilines is 1. The molecule has 0 spiro atoms. The summed E-state index contributed by atoms with van der Waals surface area (Å²) in [5, 5.41) is 22.1. The van der Waals surface area contributed by atoms with Crippen molar-refractivity contribution in [2.75, 3.05) is 11.9 Å². The molecule has 0 aliphatic rings. The average molecular weight is 268 g/mol. The number of benzene rings is 2. The molecule has 0 bridgehead atoms. The van der Waals surface area contributed by atoms with E-state index in [1.54, 1.807) is 12.1 Å². The molecule has 1 unspecified atom stereocenters. The molecule has 0 fully saturated rings. The van der Waals surface area contributed by atoms with Crippen molar-refractivity contribution < 1.29 is 9.84 Å². The summed E-state index contributed by atoms with van der Waals surface area (Å²) in [6.45, 7) is 2.30. The van der Waals surface area contributed by atoms with Crippen LogP contribution in [0.2, 0.25) is 0 Å². The number of phenols is 1. The lowest BCUT2D eigenvalue weighted by Crippen LogP contribution is -2.08. The highest BCUT2D eigenvalue weighted by Gasteiger charge is 2.13. The average Bonchev–Trinajstić information content (AvgIpc) is 2.48. The van der Waals surface area contributed by atoms with E-state index in [-0.39, 0.29) is 5.75 Å².